The summed E-state index contributed by atoms with van der Waals surface area (Å²) in [6.07, 6.45) is 0.916. The summed E-state index contributed by atoms with van der Waals surface area (Å²) in [5.74, 6) is -2.48. The zero-order valence-electron chi connectivity index (χ0n) is 73.1. The van der Waals surface area contributed by atoms with Crippen molar-refractivity contribution in [1.29, 1.82) is 0 Å². The van der Waals surface area contributed by atoms with E-state index in [0.29, 0.717) is 12.8 Å². The summed E-state index contributed by atoms with van der Waals surface area (Å²) in [6.45, 7) is 70.1. The second-order valence-electron chi connectivity index (χ2n) is 42.0. The average Bonchev–Trinajstić information content (AvgIpc) is 0.845. The molecule has 3 atom stereocenters. The number of amides is 4. The molecule has 0 rings (SSSR count). The average molecular weight is 1470 g/mol. The summed E-state index contributed by atoms with van der Waals surface area (Å²) in [7, 11) is 0. The molecule has 0 saturated carbocycles. The highest BCUT2D eigenvalue weighted by molar-refractivity contribution is 5.99. The minimum atomic E-state index is -0.882. The maximum atomic E-state index is 14.0. The molecule has 0 aliphatic heterocycles. The molecule has 0 fully saturated rings. The number of hydrogen-bond acceptors (Lipinski definition) is 17. The molecule has 0 aromatic heterocycles. The van der Waals surface area contributed by atoms with Crippen LogP contribution in [0.15, 0.2) is 0 Å². The quantitative estimate of drug-likeness (QED) is 0.0581. The van der Waals surface area contributed by atoms with E-state index in [9.17, 15) is 67.1 Å². The van der Waals surface area contributed by atoms with E-state index in [0.717, 1.165) is 0 Å². The predicted molar refractivity (Wildman–Crippen MR) is 419 cm³/mol. The van der Waals surface area contributed by atoms with E-state index in [1.54, 1.807) is 166 Å². The Bertz CT molecular complexity index is 2860. The van der Waals surface area contributed by atoms with E-state index in [1.165, 1.54) is 19.6 Å². The Balaban J connectivity index is -0.00000150. The number of Topliss-reactive ketones (excluding diaryl/α,β-unsaturated/α-hetero) is 10. The molecule has 0 saturated heterocycles. The van der Waals surface area contributed by atoms with Gasteiger partial charge < -0.3 is 35.6 Å². The molecule has 104 heavy (non-hydrogen) atoms. The molecule has 0 aromatic rings. The number of nitrogens with zero attached hydrogens (tertiary/aromatic N) is 4. The monoisotopic (exact) mass is 1470 g/mol. The van der Waals surface area contributed by atoms with Gasteiger partial charge in [0.2, 0.25) is 23.6 Å². The lowest BCUT2D eigenvalue weighted by Gasteiger charge is -2.34. The van der Waals surface area contributed by atoms with Crippen molar-refractivity contribution in [3.8, 4) is 0 Å². The molecule has 21 heteroatoms. The van der Waals surface area contributed by atoms with Gasteiger partial charge in [0.15, 0.2) is 52.0 Å². The summed E-state index contributed by atoms with van der Waals surface area (Å²) in [5.41, 5.74) is -7.53. The van der Waals surface area contributed by atoms with Crippen molar-refractivity contribution in [3.63, 3.8) is 0 Å². The van der Waals surface area contributed by atoms with Gasteiger partial charge >= 0.3 is 0 Å². The van der Waals surface area contributed by atoms with E-state index < -0.39 is 89.6 Å². The lowest BCUT2D eigenvalue weighted by molar-refractivity contribution is -0.144. The highest BCUT2D eigenvalue weighted by Crippen LogP contribution is 2.28. The molecular weight excluding hydrogens is 1320 g/mol. The summed E-state index contributed by atoms with van der Waals surface area (Å²) >= 11 is 0. The van der Waals surface area contributed by atoms with E-state index >= 15 is 0 Å². The lowest BCUT2D eigenvalue weighted by Crippen LogP contribution is -2.56. The molecule has 0 aliphatic carbocycles. The summed E-state index contributed by atoms with van der Waals surface area (Å²) < 4.78 is 0. The van der Waals surface area contributed by atoms with Gasteiger partial charge in [-0.2, -0.15) is 0 Å². The highest BCUT2D eigenvalue weighted by Gasteiger charge is 2.40. The molecule has 0 bridgehead atoms. The van der Waals surface area contributed by atoms with Crippen LogP contribution in [0.25, 0.3) is 0 Å². The summed E-state index contributed by atoms with van der Waals surface area (Å²) in [5, 5.41) is 9.90. The number of rotatable bonds is 31. The Labute approximate surface area is 631 Å². The van der Waals surface area contributed by atoms with Crippen LogP contribution in [0.4, 0.5) is 0 Å². The zero-order chi connectivity index (χ0) is 83.6. The first-order valence-electron chi connectivity index (χ1n) is 37.4. The van der Waals surface area contributed by atoms with Crippen LogP contribution in [0.5, 0.6) is 0 Å². The molecule has 0 aliphatic rings. The third-order valence-corrected chi connectivity index (χ3v) is 17.0. The van der Waals surface area contributed by atoms with E-state index in [4.69, 9.17) is 0 Å². The fourth-order valence-electron chi connectivity index (χ4n) is 8.99. The maximum absolute atomic E-state index is 14.0. The number of hydrogen-bond donors (Lipinski definition) is 3. The normalized spacial score (nSPS) is 14.0. The minimum Gasteiger partial charge on any atom is -0.328 e. The Morgan fingerprint density at radius 2 is 0.375 bits per heavy atom. The van der Waals surface area contributed by atoms with E-state index in [2.05, 4.69) is 16.0 Å². The molecule has 0 heterocycles. The molecule has 3 N–H and O–H groups in total. The third-order valence-electron chi connectivity index (χ3n) is 17.0. The Morgan fingerprint density at radius 1 is 0.212 bits per heavy atom. The van der Waals surface area contributed by atoms with Gasteiger partial charge in [-0.05, 0) is 81.6 Å². The fourth-order valence-corrected chi connectivity index (χ4v) is 8.99. The third kappa shape index (κ3) is 42.1. The number of carbonyl (C=O) groups is 14. The van der Waals surface area contributed by atoms with Crippen LogP contribution < -0.4 is 16.0 Å². The molecule has 3 unspecified atom stereocenters. The first kappa shape index (κ1) is 103. The van der Waals surface area contributed by atoms with Crippen molar-refractivity contribution in [2.24, 2.45) is 54.1 Å². The van der Waals surface area contributed by atoms with Gasteiger partial charge in [-0.3, -0.25) is 67.1 Å². The number of carbonyl (C=O) groups excluding carboxylic acids is 14. The van der Waals surface area contributed by atoms with Gasteiger partial charge in [0.05, 0.1) is 70.5 Å². The minimum absolute atomic E-state index is 0.0401. The number of nitrogens with one attached hydrogen (secondary N) is 3. The molecule has 21 nitrogen and oxygen atoms in total. The molecule has 4 amide bonds. The topological polar surface area (TPSA) is 288 Å². The van der Waals surface area contributed by atoms with Crippen LogP contribution in [0.1, 0.15) is 309 Å². The Morgan fingerprint density at radius 3 is 0.548 bits per heavy atom. The molecule has 0 aromatic carbocycles. The smallest absolute Gasteiger partial charge is 0.240 e. The van der Waals surface area contributed by atoms with Gasteiger partial charge in [0, 0.05) is 90.0 Å². The number of ketones is 10. The van der Waals surface area contributed by atoms with Gasteiger partial charge in [-0.1, -0.05) is 208 Å². The van der Waals surface area contributed by atoms with E-state index in [1.807, 2.05) is 104 Å². The van der Waals surface area contributed by atoms with Crippen molar-refractivity contribution in [2.75, 3.05) is 52.4 Å². The van der Waals surface area contributed by atoms with Gasteiger partial charge in [0.1, 0.15) is 5.78 Å². The molecule has 0 radical (unpaired) electrons. The largest absolute Gasteiger partial charge is 0.328 e. The summed E-state index contributed by atoms with van der Waals surface area (Å²) in [6, 6.07) is -2.03. The van der Waals surface area contributed by atoms with Gasteiger partial charge in [-0.15, -0.1) is 0 Å². The predicted octanol–water partition coefficient (Wildman–Crippen LogP) is 13.0. The fraction of sp³-hybridized carbons (Fsp3) is 0.831. The van der Waals surface area contributed by atoms with Crippen LogP contribution in [-0.2, 0) is 67.1 Å². The first-order chi connectivity index (χ1) is 45.6. The van der Waals surface area contributed by atoms with Gasteiger partial charge in [0.25, 0.3) is 0 Å². The van der Waals surface area contributed by atoms with Crippen molar-refractivity contribution in [1.82, 2.24) is 35.6 Å². The van der Waals surface area contributed by atoms with Gasteiger partial charge in [-0.25, -0.2) is 0 Å². The molecular formula is C83H151N7O14. The van der Waals surface area contributed by atoms with Crippen LogP contribution in [-0.4, -0.2) is 188 Å². The highest BCUT2D eigenvalue weighted by atomic mass is 16.2. The lowest BCUT2D eigenvalue weighted by atomic mass is 9.84. The first-order valence-corrected chi connectivity index (χ1v) is 37.4. The Kier molecular flexibility index (Phi) is 38.5. The van der Waals surface area contributed by atoms with Crippen LogP contribution in [0, 0.1) is 54.1 Å². The SMILES string of the molecule is CC(C)(C)NC(CCC(=O)C(C)(C)C)C(=O)N(CC(=O)C(C)(C)C)CC(=O)C(C)(C)C.CC(C)(C)NC(CCC(=O)N(CC(=O)C(C)(C)C)CC(=O)C(C)(C)C)C(=O)C(C)(C)C.CC(C)(C)NC(CCC(=O)N(CC(=O)C(C)(C)C)CC(=O)C(C)(C)C)C(=O)N(CC(=O)C(C)(C)C)CC(=O)C(C)(C)C. The van der Waals surface area contributed by atoms with Crippen LogP contribution in [0.3, 0.4) is 0 Å². The Hall–Kier alpha value is -5.54. The van der Waals surface area contributed by atoms with Crippen molar-refractivity contribution in [2.45, 2.75) is 343 Å². The van der Waals surface area contributed by atoms with Crippen LogP contribution in [0.2, 0.25) is 0 Å². The second-order valence-corrected chi connectivity index (χ2v) is 42.0. The second kappa shape index (κ2) is 39.0. The molecule has 0 spiro atoms. The maximum Gasteiger partial charge on any atom is 0.240 e. The standard InChI is InChI=1S/C33H59N3O6.2C25H46N2O4/c1-29(2,3)23(37)18-35(19-24(38)30(4,5)6)27(41)17-16-22(34-33(13,14)15)28(42)36(20-25(39)31(7,8)9)21-26(40)32(10,11)12;1-22(2,3)18(28)15-27(16-19(29)23(4,5)6)20(30)14-13-17(26-25(10,11)12)21(31)24(7,8)9;1-22(2,3)18(28)14-13-17(26-25(10,11)12)21(31)27(15-19(29)23(4,5)6)16-20(30)24(7,8)9/h22,34H,16-21H2,1-15H3;2*17,26H,13-16H2,1-12H3. The van der Waals surface area contributed by atoms with Crippen molar-refractivity contribution >= 4 is 81.5 Å². The van der Waals surface area contributed by atoms with Crippen molar-refractivity contribution in [3.05, 3.63) is 0 Å². The summed E-state index contributed by atoms with van der Waals surface area (Å²) in [4.78, 5) is 187. The molecule has 602 valence electrons. The van der Waals surface area contributed by atoms with E-state index in [-0.39, 0.29) is 159 Å². The van der Waals surface area contributed by atoms with Crippen LogP contribution >= 0.6 is 0 Å². The zero-order valence-corrected chi connectivity index (χ0v) is 73.1. The van der Waals surface area contributed by atoms with Crippen molar-refractivity contribution < 1.29 is 67.1 Å².